The number of rotatable bonds is 7. The standard InChI is InChI=1S/C20H33NS/c1-8-17(19-10-9-16(22)13-15(19)4)18(14(2)3)11-12-21-20(5,6)7/h9-10,13,17-18,21-22H,2,8,11-12H2,1,3-7H3. The van der Waals surface area contributed by atoms with Crippen molar-refractivity contribution in [2.45, 2.75) is 70.7 Å². The zero-order chi connectivity index (χ0) is 16.9. The zero-order valence-corrected chi connectivity index (χ0v) is 16.1. The zero-order valence-electron chi connectivity index (χ0n) is 15.2. The smallest absolute Gasteiger partial charge is 0.00965 e. The highest BCUT2D eigenvalue weighted by Crippen LogP contribution is 2.36. The summed E-state index contributed by atoms with van der Waals surface area (Å²) >= 11 is 4.45. The number of benzene rings is 1. The van der Waals surface area contributed by atoms with Crippen LogP contribution >= 0.6 is 12.6 Å². The van der Waals surface area contributed by atoms with Gasteiger partial charge in [0, 0.05) is 10.4 Å². The molecule has 0 aliphatic carbocycles. The summed E-state index contributed by atoms with van der Waals surface area (Å²) in [6, 6.07) is 6.53. The van der Waals surface area contributed by atoms with Gasteiger partial charge in [-0.2, -0.15) is 0 Å². The molecule has 0 saturated heterocycles. The van der Waals surface area contributed by atoms with E-state index < -0.39 is 0 Å². The third kappa shape index (κ3) is 5.81. The van der Waals surface area contributed by atoms with Gasteiger partial charge in [0.15, 0.2) is 0 Å². The number of allylic oxidation sites excluding steroid dienone is 1. The normalized spacial score (nSPS) is 14.7. The largest absolute Gasteiger partial charge is 0.312 e. The first-order valence-corrected chi connectivity index (χ1v) is 8.80. The molecule has 0 fully saturated rings. The van der Waals surface area contributed by atoms with Crippen LogP contribution in [0.5, 0.6) is 0 Å². The average Bonchev–Trinajstić information content (AvgIpc) is 2.38. The predicted octanol–water partition coefficient (Wildman–Crippen LogP) is 5.75. The molecule has 0 spiro atoms. The lowest BCUT2D eigenvalue weighted by Gasteiger charge is -2.30. The van der Waals surface area contributed by atoms with E-state index in [1.54, 1.807) is 0 Å². The van der Waals surface area contributed by atoms with Gasteiger partial charge >= 0.3 is 0 Å². The maximum atomic E-state index is 4.45. The molecule has 22 heavy (non-hydrogen) atoms. The highest BCUT2D eigenvalue weighted by Gasteiger charge is 2.24. The molecule has 0 amide bonds. The van der Waals surface area contributed by atoms with E-state index in [0.29, 0.717) is 11.8 Å². The molecule has 0 heterocycles. The molecule has 1 aromatic rings. The van der Waals surface area contributed by atoms with Crippen LogP contribution in [-0.2, 0) is 0 Å². The first kappa shape index (κ1) is 19.3. The van der Waals surface area contributed by atoms with Crippen molar-refractivity contribution in [1.29, 1.82) is 0 Å². The van der Waals surface area contributed by atoms with Crippen LogP contribution in [0.1, 0.15) is 64.5 Å². The molecular weight excluding hydrogens is 286 g/mol. The molecule has 0 radical (unpaired) electrons. The lowest BCUT2D eigenvalue weighted by molar-refractivity contribution is 0.373. The Morgan fingerprint density at radius 2 is 1.95 bits per heavy atom. The van der Waals surface area contributed by atoms with Crippen molar-refractivity contribution in [2.75, 3.05) is 6.54 Å². The topological polar surface area (TPSA) is 12.0 Å². The van der Waals surface area contributed by atoms with Crippen molar-refractivity contribution >= 4 is 12.6 Å². The van der Waals surface area contributed by atoms with Crippen molar-refractivity contribution in [3.8, 4) is 0 Å². The fraction of sp³-hybridized carbons (Fsp3) is 0.600. The molecule has 2 atom stereocenters. The van der Waals surface area contributed by atoms with Gasteiger partial charge in [-0.1, -0.05) is 25.1 Å². The minimum atomic E-state index is 0.172. The third-order valence-electron chi connectivity index (χ3n) is 4.32. The van der Waals surface area contributed by atoms with Crippen molar-refractivity contribution in [2.24, 2.45) is 5.92 Å². The Hall–Kier alpha value is -0.730. The second-order valence-electron chi connectivity index (χ2n) is 7.47. The SMILES string of the molecule is C=C(C)C(CCNC(C)(C)C)C(CC)c1ccc(S)cc1C. The van der Waals surface area contributed by atoms with Gasteiger partial charge < -0.3 is 5.32 Å². The Morgan fingerprint density at radius 1 is 1.32 bits per heavy atom. The summed E-state index contributed by atoms with van der Waals surface area (Å²) in [5.74, 6) is 1.05. The lowest BCUT2D eigenvalue weighted by atomic mass is 9.77. The number of nitrogens with one attached hydrogen (secondary N) is 1. The van der Waals surface area contributed by atoms with Crippen molar-refractivity contribution < 1.29 is 0 Å². The molecule has 0 aliphatic heterocycles. The van der Waals surface area contributed by atoms with E-state index in [0.717, 1.165) is 24.3 Å². The van der Waals surface area contributed by atoms with Gasteiger partial charge in [-0.25, -0.2) is 0 Å². The summed E-state index contributed by atoms with van der Waals surface area (Å²) in [7, 11) is 0. The van der Waals surface area contributed by atoms with Gasteiger partial charge in [0.2, 0.25) is 0 Å². The quantitative estimate of drug-likeness (QED) is 0.482. The molecule has 0 saturated carbocycles. The first-order chi connectivity index (χ1) is 10.2. The van der Waals surface area contributed by atoms with Crippen LogP contribution in [0.4, 0.5) is 0 Å². The molecule has 2 heteroatoms. The Labute approximate surface area is 143 Å². The molecule has 0 bridgehead atoms. The lowest BCUT2D eigenvalue weighted by Crippen LogP contribution is -2.37. The van der Waals surface area contributed by atoms with Crippen LogP contribution in [-0.4, -0.2) is 12.1 Å². The maximum absolute atomic E-state index is 4.45. The molecule has 1 aromatic carbocycles. The third-order valence-corrected chi connectivity index (χ3v) is 4.60. The molecule has 1 nitrogen and oxygen atoms in total. The Balaban J connectivity index is 2.93. The van der Waals surface area contributed by atoms with Crippen LogP contribution in [0.25, 0.3) is 0 Å². The van der Waals surface area contributed by atoms with Gasteiger partial charge in [0.1, 0.15) is 0 Å². The second kappa shape index (κ2) is 8.21. The minimum absolute atomic E-state index is 0.172. The van der Waals surface area contributed by atoms with E-state index in [1.807, 2.05) is 0 Å². The van der Waals surface area contributed by atoms with E-state index in [4.69, 9.17) is 0 Å². The number of hydrogen-bond donors (Lipinski definition) is 2. The maximum Gasteiger partial charge on any atom is 0.00965 e. The van der Waals surface area contributed by atoms with Crippen LogP contribution in [0.15, 0.2) is 35.2 Å². The summed E-state index contributed by atoms with van der Waals surface area (Å²) in [5, 5.41) is 3.61. The average molecular weight is 320 g/mol. The van der Waals surface area contributed by atoms with Gasteiger partial charge in [0.05, 0.1) is 0 Å². The fourth-order valence-electron chi connectivity index (χ4n) is 3.19. The Kier molecular flexibility index (Phi) is 7.21. The second-order valence-corrected chi connectivity index (χ2v) is 7.99. The molecule has 1 rings (SSSR count). The number of hydrogen-bond acceptors (Lipinski definition) is 2. The molecule has 0 aromatic heterocycles. The van der Waals surface area contributed by atoms with E-state index in [2.05, 4.69) is 84.3 Å². The van der Waals surface area contributed by atoms with Crippen molar-refractivity contribution in [3.05, 3.63) is 41.5 Å². The summed E-state index contributed by atoms with van der Waals surface area (Å²) in [4.78, 5) is 1.04. The summed E-state index contributed by atoms with van der Waals surface area (Å²) < 4.78 is 0. The van der Waals surface area contributed by atoms with Gasteiger partial charge in [0.25, 0.3) is 0 Å². The first-order valence-electron chi connectivity index (χ1n) is 8.35. The van der Waals surface area contributed by atoms with E-state index in [1.165, 1.54) is 16.7 Å². The van der Waals surface area contributed by atoms with Crippen molar-refractivity contribution in [3.63, 3.8) is 0 Å². The minimum Gasteiger partial charge on any atom is -0.312 e. The molecule has 2 unspecified atom stereocenters. The summed E-state index contributed by atoms with van der Waals surface area (Å²) in [6.45, 7) is 18.6. The molecule has 1 N–H and O–H groups in total. The molecule has 0 aliphatic rings. The van der Waals surface area contributed by atoms with Gasteiger partial charge in [-0.3, -0.25) is 0 Å². The van der Waals surface area contributed by atoms with Gasteiger partial charge in [-0.15, -0.1) is 12.6 Å². The monoisotopic (exact) mass is 319 g/mol. The predicted molar refractivity (Wildman–Crippen MR) is 102 cm³/mol. The van der Waals surface area contributed by atoms with E-state index in [9.17, 15) is 0 Å². The highest BCUT2D eigenvalue weighted by atomic mass is 32.1. The van der Waals surface area contributed by atoms with E-state index in [-0.39, 0.29) is 5.54 Å². The Bertz CT molecular complexity index is 499. The van der Waals surface area contributed by atoms with Crippen LogP contribution in [0.2, 0.25) is 0 Å². The van der Waals surface area contributed by atoms with Crippen molar-refractivity contribution in [1.82, 2.24) is 5.32 Å². The highest BCUT2D eigenvalue weighted by molar-refractivity contribution is 7.80. The van der Waals surface area contributed by atoms with E-state index >= 15 is 0 Å². The van der Waals surface area contributed by atoms with Crippen LogP contribution in [0, 0.1) is 12.8 Å². The molecule has 124 valence electrons. The fourth-order valence-corrected chi connectivity index (χ4v) is 3.46. The number of aryl methyl sites for hydroxylation is 1. The summed E-state index contributed by atoms with van der Waals surface area (Å²) in [5.41, 5.74) is 4.25. The van der Waals surface area contributed by atoms with Gasteiger partial charge in [-0.05, 0) is 89.1 Å². The van der Waals surface area contributed by atoms with Crippen LogP contribution in [0.3, 0.4) is 0 Å². The Morgan fingerprint density at radius 3 is 2.41 bits per heavy atom. The number of thiol groups is 1. The van der Waals surface area contributed by atoms with Crippen LogP contribution < -0.4 is 5.32 Å². The molecular formula is C20H33NS. The summed E-state index contributed by atoms with van der Waals surface area (Å²) in [6.07, 6.45) is 2.27.